The maximum Gasteiger partial charge on any atom is 0.314 e. The molecule has 2 fully saturated rings. The summed E-state index contributed by atoms with van der Waals surface area (Å²) < 4.78 is 13.2. The zero-order valence-electron chi connectivity index (χ0n) is 30.2. The minimum absolute atomic E-state index is 0.0732. The number of carbonyl (C=O) groups is 3. The average molecular weight is 788 g/mol. The van der Waals surface area contributed by atoms with Crippen molar-refractivity contribution in [3.63, 3.8) is 0 Å². The molecule has 0 radical (unpaired) electrons. The third-order valence-corrected chi connectivity index (χ3v) is 11.2. The molecule has 276 valence electrons. The van der Waals surface area contributed by atoms with E-state index in [0.717, 1.165) is 62.2 Å². The van der Waals surface area contributed by atoms with Crippen molar-refractivity contribution in [2.75, 3.05) is 26.2 Å². The number of aliphatic carboxylic acids is 1. The van der Waals surface area contributed by atoms with Gasteiger partial charge >= 0.3 is 5.97 Å². The molecular weight excluding hydrogens is 744 g/mol. The van der Waals surface area contributed by atoms with Gasteiger partial charge in [0.2, 0.25) is 0 Å². The van der Waals surface area contributed by atoms with Gasteiger partial charge in [0.05, 0.1) is 5.41 Å². The Morgan fingerprint density at radius 1 is 0.667 bits per heavy atom. The lowest BCUT2D eigenvalue weighted by Gasteiger charge is -2.39. The molecule has 2 saturated heterocycles. The molecule has 54 heavy (non-hydrogen) atoms. The van der Waals surface area contributed by atoms with E-state index in [-0.39, 0.29) is 17.9 Å². The Hall–Kier alpha value is -5.41. The molecule has 0 spiro atoms. The lowest BCUT2D eigenvalue weighted by atomic mass is 9.72. The second-order valence-electron chi connectivity index (χ2n) is 14.2. The molecule has 0 aromatic heterocycles. The summed E-state index contributed by atoms with van der Waals surface area (Å²) in [6, 6.07) is 38.6. The molecule has 2 aliphatic heterocycles. The molecular formula is C45H43BrN2O6. The number of nitrogens with zero attached hydrogens (tertiary/aromatic N) is 2. The third-order valence-electron chi connectivity index (χ3n) is 10.7. The van der Waals surface area contributed by atoms with E-state index in [1.54, 1.807) is 4.90 Å². The molecule has 7 rings (SSSR count). The van der Waals surface area contributed by atoms with Crippen LogP contribution in [0.4, 0.5) is 0 Å². The van der Waals surface area contributed by atoms with Gasteiger partial charge in [0.1, 0.15) is 24.2 Å². The van der Waals surface area contributed by atoms with E-state index in [9.17, 15) is 19.5 Å². The minimum Gasteiger partial charge on any atom is -0.490 e. The molecule has 2 amide bonds. The van der Waals surface area contributed by atoms with Crippen LogP contribution in [0.5, 0.6) is 11.5 Å². The highest BCUT2D eigenvalue weighted by atomic mass is 79.9. The van der Waals surface area contributed by atoms with Crippen molar-refractivity contribution in [3.8, 4) is 22.6 Å². The van der Waals surface area contributed by atoms with Gasteiger partial charge in [-0.05, 0) is 103 Å². The number of carboxylic acids is 1. The predicted molar refractivity (Wildman–Crippen MR) is 212 cm³/mol. The molecule has 0 atom stereocenters. The number of halogens is 1. The van der Waals surface area contributed by atoms with E-state index in [1.165, 1.54) is 0 Å². The van der Waals surface area contributed by atoms with E-state index in [4.69, 9.17) is 9.47 Å². The zero-order chi connectivity index (χ0) is 37.7. The first kappa shape index (κ1) is 36.9. The van der Waals surface area contributed by atoms with Gasteiger partial charge in [-0.25, -0.2) is 0 Å². The Bertz CT molecular complexity index is 2070. The van der Waals surface area contributed by atoms with Crippen LogP contribution in [0.3, 0.4) is 0 Å². The first-order valence-corrected chi connectivity index (χ1v) is 19.2. The van der Waals surface area contributed by atoms with Crippen LogP contribution in [0.25, 0.3) is 11.1 Å². The number of rotatable bonds is 10. The van der Waals surface area contributed by atoms with Crippen LogP contribution in [0.2, 0.25) is 0 Å². The number of ether oxygens (including phenoxy) is 2. The minimum atomic E-state index is -0.997. The quantitative estimate of drug-likeness (QED) is 0.152. The van der Waals surface area contributed by atoms with Gasteiger partial charge in [-0.2, -0.15) is 0 Å². The predicted octanol–water partition coefficient (Wildman–Crippen LogP) is 8.95. The topological polar surface area (TPSA) is 96.4 Å². The van der Waals surface area contributed by atoms with Gasteiger partial charge in [-0.3, -0.25) is 14.4 Å². The molecule has 5 aromatic carbocycles. The van der Waals surface area contributed by atoms with Crippen LogP contribution in [-0.4, -0.2) is 65.0 Å². The Morgan fingerprint density at radius 2 is 1.17 bits per heavy atom. The summed E-state index contributed by atoms with van der Waals surface area (Å²) >= 11 is 3.42. The Balaban J connectivity index is 0.863. The second kappa shape index (κ2) is 16.3. The number of carbonyl (C=O) groups excluding carboxylic acids is 2. The van der Waals surface area contributed by atoms with Crippen molar-refractivity contribution in [2.45, 2.75) is 50.7 Å². The van der Waals surface area contributed by atoms with Crippen molar-refractivity contribution >= 4 is 33.7 Å². The van der Waals surface area contributed by atoms with Crippen molar-refractivity contribution in [3.05, 3.63) is 154 Å². The van der Waals surface area contributed by atoms with Crippen molar-refractivity contribution in [1.82, 2.24) is 9.80 Å². The molecule has 0 unspecified atom stereocenters. The van der Waals surface area contributed by atoms with Gasteiger partial charge < -0.3 is 24.4 Å². The Morgan fingerprint density at radius 3 is 1.72 bits per heavy atom. The van der Waals surface area contributed by atoms with Gasteiger partial charge in [0.15, 0.2) is 0 Å². The number of benzene rings is 5. The number of piperidine rings is 2. The summed E-state index contributed by atoms with van der Waals surface area (Å²) in [5, 5.41) is 10.2. The number of carboxylic acid groups (broad SMARTS) is 1. The molecule has 8 nitrogen and oxygen atoms in total. The van der Waals surface area contributed by atoms with Gasteiger partial charge in [0.25, 0.3) is 11.8 Å². The van der Waals surface area contributed by atoms with Gasteiger partial charge in [-0.15, -0.1) is 0 Å². The largest absolute Gasteiger partial charge is 0.490 e. The molecule has 0 bridgehead atoms. The Labute approximate surface area is 324 Å². The molecule has 1 N–H and O–H groups in total. The standard InChI is InChI=1S/C45H43BrN2O6/c1-31-2-6-35(7-3-31)42(49)47-26-22-41(23-27-47)54-40-18-4-32(5-19-40)30-53-39-20-12-34(13-21-39)33-8-10-36(11-9-33)43(50)48-28-24-45(25-29-48,44(51)52)37-14-16-38(46)17-15-37/h2-21,41H,22-30H2,1H3,(H,51,52). The van der Waals surface area contributed by atoms with Crippen molar-refractivity contribution < 1.29 is 29.0 Å². The smallest absolute Gasteiger partial charge is 0.314 e. The second-order valence-corrected chi connectivity index (χ2v) is 15.1. The SMILES string of the molecule is Cc1ccc(C(=O)N2CCC(Oc3ccc(COc4ccc(-c5ccc(C(=O)N6CCC(C(=O)O)(c7ccc(Br)cc7)CC6)cc5)cc4)cc3)CC2)cc1. The molecule has 0 saturated carbocycles. The summed E-state index contributed by atoms with van der Waals surface area (Å²) in [4.78, 5) is 42.3. The lowest BCUT2D eigenvalue weighted by Crippen LogP contribution is -2.49. The fourth-order valence-corrected chi connectivity index (χ4v) is 7.56. The monoisotopic (exact) mass is 786 g/mol. The number of hydrogen-bond acceptors (Lipinski definition) is 5. The van der Waals surface area contributed by atoms with Crippen LogP contribution in [-0.2, 0) is 16.8 Å². The first-order valence-electron chi connectivity index (χ1n) is 18.4. The van der Waals surface area contributed by atoms with Crippen LogP contribution in [0, 0.1) is 6.92 Å². The van der Waals surface area contributed by atoms with E-state index in [0.29, 0.717) is 51.2 Å². The molecule has 2 aliphatic rings. The van der Waals surface area contributed by atoms with Crippen molar-refractivity contribution in [1.29, 1.82) is 0 Å². The van der Waals surface area contributed by atoms with E-state index < -0.39 is 11.4 Å². The third kappa shape index (κ3) is 8.37. The fourth-order valence-electron chi connectivity index (χ4n) is 7.30. The molecule has 0 aliphatic carbocycles. The highest BCUT2D eigenvalue weighted by molar-refractivity contribution is 9.10. The lowest BCUT2D eigenvalue weighted by molar-refractivity contribution is -0.145. The maximum atomic E-state index is 13.4. The molecule has 9 heteroatoms. The summed E-state index contributed by atoms with van der Waals surface area (Å²) in [5.74, 6) is 0.702. The summed E-state index contributed by atoms with van der Waals surface area (Å²) in [6.07, 6.45) is 2.39. The average Bonchev–Trinajstić information content (AvgIpc) is 3.21. The zero-order valence-corrected chi connectivity index (χ0v) is 31.8. The van der Waals surface area contributed by atoms with E-state index >= 15 is 0 Å². The number of hydrogen-bond donors (Lipinski definition) is 1. The normalized spacial score (nSPS) is 15.7. The van der Waals surface area contributed by atoms with Crippen molar-refractivity contribution in [2.24, 2.45) is 0 Å². The van der Waals surface area contributed by atoms with E-state index in [2.05, 4.69) is 15.9 Å². The molecule has 5 aromatic rings. The van der Waals surface area contributed by atoms with Gasteiger partial charge in [-0.1, -0.05) is 82.2 Å². The summed E-state index contributed by atoms with van der Waals surface area (Å²) in [7, 11) is 0. The van der Waals surface area contributed by atoms with Gasteiger partial charge in [0, 0.05) is 54.6 Å². The summed E-state index contributed by atoms with van der Waals surface area (Å²) in [6.45, 7) is 4.55. The highest BCUT2D eigenvalue weighted by Gasteiger charge is 2.44. The van der Waals surface area contributed by atoms with Crippen LogP contribution in [0.1, 0.15) is 63.1 Å². The van der Waals surface area contributed by atoms with Crippen LogP contribution in [0.15, 0.2) is 126 Å². The highest BCUT2D eigenvalue weighted by Crippen LogP contribution is 2.37. The number of amides is 2. The van der Waals surface area contributed by atoms with E-state index in [1.807, 2.05) is 133 Å². The Kier molecular flexibility index (Phi) is 11.2. The number of likely N-dealkylation sites (tertiary alicyclic amines) is 2. The van der Waals surface area contributed by atoms with Crippen LogP contribution < -0.4 is 9.47 Å². The fraction of sp³-hybridized carbons (Fsp3) is 0.267. The number of aryl methyl sites for hydroxylation is 1. The molecule has 2 heterocycles. The first-order chi connectivity index (χ1) is 26.2. The van der Waals surface area contributed by atoms with Crippen LogP contribution >= 0.6 is 15.9 Å². The summed E-state index contributed by atoms with van der Waals surface area (Å²) in [5.41, 5.74) is 5.24. The maximum absolute atomic E-state index is 13.4.